The van der Waals surface area contributed by atoms with Gasteiger partial charge in [0, 0.05) is 5.92 Å². The van der Waals surface area contributed by atoms with Gasteiger partial charge in [-0.3, -0.25) is 10.2 Å². The first-order valence-corrected chi connectivity index (χ1v) is 6.10. The third kappa shape index (κ3) is 3.51. The number of thioether (sulfide) groups is 1. The van der Waals surface area contributed by atoms with Crippen LogP contribution in [0.1, 0.15) is 38.5 Å². The molecule has 0 unspecified atom stereocenters. The number of carbonyl (C=O) groups excluding carboxylic acids is 1. The van der Waals surface area contributed by atoms with Crippen LogP contribution in [0.4, 0.5) is 0 Å². The lowest BCUT2D eigenvalue weighted by Crippen LogP contribution is -2.19. The Bertz CT molecular complexity index is 197. The van der Waals surface area contributed by atoms with Crippen molar-refractivity contribution in [3.8, 4) is 0 Å². The molecule has 0 bridgehead atoms. The molecule has 0 aromatic rings. The van der Waals surface area contributed by atoms with Crippen molar-refractivity contribution in [3.05, 3.63) is 0 Å². The fourth-order valence-corrected chi connectivity index (χ4v) is 2.09. The van der Waals surface area contributed by atoms with E-state index in [1.165, 1.54) is 31.0 Å². The second-order valence-electron chi connectivity index (χ2n) is 3.61. The van der Waals surface area contributed by atoms with Crippen LogP contribution in [0.2, 0.25) is 0 Å². The summed E-state index contributed by atoms with van der Waals surface area (Å²) in [5, 5.41) is 7.94. The molecule has 1 fully saturated rings. The summed E-state index contributed by atoms with van der Waals surface area (Å²) in [7, 11) is 0. The Balaban J connectivity index is 2.33. The highest BCUT2D eigenvalue weighted by Crippen LogP contribution is 2.25. The van der Waals surface area contributed by atoms with Crippen molar-refractivity contribution < 1.29 is 4.79 Å². The summed E-state index contributed by atoms with van der Waals surface area (Å²) < 4.78 is 0. The van der Waals surface area contributed by atoms with Crippen LogP contribution in [-0.2, 0) is 4.79 Å². The van der Waals surface area contributed by atoms with Gasteiger partial charge in [-0.05, 0) is 19.1 Å². The van der Waals surface area contributed by atoms with Gasteiger partial charge in [0.2, 0.25) is 0 Å². The summed E-state index contributed by atoms with van der Waals surface area (Å²) in [5.41, 5.74) is 0. The highest BCUT2D eigenvalue weighted by Gasteiger charge is 2.21. The monoisotopic (exact) mass is 199 g/mol. The molecular weight excluding hydrogens is 182 g/mol. The van der Waals surface area contributed by atoms with Crippen LogP contribution < -0.4 is 0 Å². The summed E-state index contributed by atoms with van der Waals surface area (Å²) in [4.78, 5) is 11.6. The average Bonchev–Trinajstić information content (AvgIpc) is 2.19. The van der Waals surface area contributed by atoms with Gasteiger partial charge in [0.1, 0.15) is 5.78 Å². The number of carbonyl (C=O) groups is 1. The van der Waals surface area contributed by atoms with Gasteiger partial charge in [0.15, 0.2) is 0 Å². The van der Waals surface area contributed by atoms with Gasteiger partial charge >= 0.3 is 0 Å². The van der Waals surface area contributed by atoms with Gasteiger partial charge in [-0.2, -0.15) is 0 Å². The van der Waals surface area contributed by atoms with Crippen LogP contribution in [-0.4, -0.2) is 17.1 Å². The van der Waals surface area contributed by atoms with Crippen LogP contribution in [0, 0.1) is 11.3 Å². The fraction of sp³-hybridized carbons (Fsp3) is 0.800. The van der Waals surface area contributed by atoms with E-state index in [4.69, 9.17) is 5.41 Å². The van der Waals surface area contributed by atoms with Crippen LogP contribution in [0.25, 0.3) is 0 Å². The van der Waals surface area contributed by atoms with E-state index >= 15 is 0 Å². The lowest BCUT2D eigenvalue weighted by Gasteiger charge is -2.19. The first-order chi connectivity index (χ1) is 6.24. The van der Waals surface area contributed by atoms with Gasteiger partial charge in [-0.25, -0.2) is 0 Å². The minimum absolute atomic E-state index is 0.265. The number of ketones is 1. The zero-order valence-electron chi connectivity index (χ0n) is 8.14. The zero-order chi connectivity index (χ0) is 9.68. The second-order valence-corrected chi connectivity index (χ2v) is 4.51. The van der Waals surface area contributed by atoms with Crippen molar-refractivity contribution >= 4 is 22.6 Å². The zero-order valence-corrected chi connectivity index (χ0v) is 8.95. The van der Waals surface area contributed by atoms with E-state index in [-0.39, 0.29) is 5.92 Å². The molecule has 0 aromatic heterocycles. The second kappa shape index (κ2) is 5.43. The van der Waals surface area contributed by atoms with Gasteiger partial charge in [0.05, 0.1) is 11.5 Å². The largest absolute Gasteiger partial charge is 0.299 e. The van der Waals surface area contributed by atoms with Crippen molar-refractivity contribution in [2.75, 3.05) is 6.26 Å². The molecule has 0 saturated heterocycles. The minimum atomic E-state index is 0.265. The molecule has 0 radical (unpaired) electrons. The number of Topliss-reactive ketones (excluding diaryl/α,β-unsaturated/α-hetero) is 1. The Kier molecular flexibility index (Phi) is 4.50. The van der Waals surface area contributed by atoms with E-state index in [1.54, 1.807) is 0 Å². The van der Waals surface area contributed by atoms with Gasteiger partial charge < -0.3 is 0 Å². The Morgan fingerprint density at radius 3 is 2.54 bits per heavy atom. The fourth-order valence-electron chi connectivity index (χ4n) is 1.80. The number of hydrogen-bond acceptors (Lipinski definition) is 3. The Morgan fingerprint density at radius 1 is 1.38 bits per heavy atom. The molecule has 0 atom stereocenters. The maximum absolute atomic E-state index is 11.6. The van der Waals surface area contributed by atoms with Crippen molar-refractivity contribution in [1.82, 2.24) is 0 Å². The Hall–Kier alpha value is -0.310. The predicted molar refractivity (Wildman–Crippen MR) is 57.4 cm³/mol. The first kappa shape index (κ1) is 10.8. The summed E-state index contributed by atoms with van der Waals surface area (Å²) in [5.74, 6) is 0.556. The van der Waals surface area contributed by atoms with Crippen LogP contribution in [0.5, 0.6) is 0 Å². The van der Waals surface area contributed by atoms with E-state index < -0.39 is 0 Å². The third-order valence-electron chi connectivity index (χ3n) is 2.64. The van der Waals surface area contributed by atoms with E-state index in [0.29, 0.717) is 17.2 Å². The molecule has 1 aliphatic rings. The third-order valence-corrected chi connectivity index (χ3v) is 3.28. The molecular formula is C10H17NOS. The van der Waals surface area contributed by atoms with Gasteiger partial charge in [0.25, 0.3) is 0 Å². The number of hydrogen-bond donors (Lipinski definition) is 1. The molecule has 0 amide bonds. The first-order valence-electron chi connectivity index (χ1n) is 4.88. The van der Waals surface area contributed by atoms with Crippen molar-refractivity contribution in [1.29, 1.82) is 5.41 Å². The molecule has 1 N–H and O–H groups in total. The lowest BCUT2D eigenvalue weighted by atomic mass is 9.85. The average molecular weight is 199 g/mol. The number of nitrogens with one attached hydrogen (secondary N) is 1. The molecule has 0 aliphatic heterocycles. The smallest absolute Gasteiger partial charge is 0.142 e. The van der Waals surface area contributed by atoms with E-state index in [9.17, 15) is 4.79 Å². The van der Waals surface area contributed by atoms with Gasteiger partial charge in [-0.15, -0.1) is 11.8 Å². The molecule has 0 spiro atoms. The molecule has 2 nitrogen and oxygen atoms in total. The summed E-state index contributed by atoms with van der Waals surface area (Å²) in [6.45, 7) is 0. The molecule has 0 aromatic carbocycles. The van der Waals surface area contributed by atoms with E-state index in [1.807, 2.05) is 6.26 Å². The highest BCUT2D eigenvalue weighted by molar-refractivity contribution is 8.13. The maximum atomic E-state index is 11.6. The SMILES string of the molecule is CSC(=N)CC(=O)C1CCCCC1. The van der Waals surface area contributed by atoms with E-state index in [0.717, 1.165) is 12.8 Å². The Labute approximate surface area is 84.0 Å². The molecule has 1 aliphatic carbocycles. The summed E-state index contributed by atoms with van der Waals surface area (Å²) in [6.07, 6.45) is 8.01. The predicted octanol–water partition coefficient (Wildman–Crippen LogP) is 2.87. The molecule has 0 heterocycles. The highest BCUT2D eigenvalue weighted by atomic mass is 32.2. The molecule has 3 heteroatoms. The van der Waals surface area contributed by atoms with Crippen LogP contribution in [0.3, 0.4) is 0 Å². The van der Waals surface area contributed by atoms with E-state index in [2.05, 4.69) is 0 Å². The number of rotatable bonds is 3. The minimum Gasteiger partial charge on any atom is -0.299 e. The standard InChI is InChI=1S/C10H17NOS/c1-13-10(11)7-9(12)8-5-3-2-4-6-8/h8,11H,2-7H2,1H3. The van der Waals surface area contributed by atoms with Crippen molar-refractivity contribution in [2.45, 2.75) is 38.5 Å². The van der Waals surface area contributed by atoms with Crippen LogP contribution >= 0.6 is 11.8 Å². The van der Waals surface area contributed by atoms with Crippen LogP contribution in [0.15, 0.2) is 0 Å². The van der Waals surface area contributed by atoms with Crippen molar-refractivity contribution in [3.63, 3.8) is 0 Å². The topological polar surface area (TPSA) is 40.9 Å². The quantitative estimate of drug-likeness (QED) is 0.561. The maximum Gasteiger partial charge on any atom is 0.142 e. The van der Waals surface area contributed by atoms with Crippen molar-refractivity contribution in [2.24, 2.45) is 5.92 Å². The molecule has 1 saturated carbocycles. The van der Waals surface area contributed by atoms with Gasteiger partial charge in [-0.1, -0.05) is 19.3 Å². The molecule has 1 rings (SSSR count). The summed E-state index contributed by atoms with van der Waals surface area (Å²) >= 11 is 1.38. The lowest BCUT2D eigenvalue weighted by molar-refractivity contribution is -0.122. The Morgan fingerprint density at radius 2 is 2.00 bits per heavy atom. The summed E-state index contributed by atoms with van der Waals surface area (Å²) in [6, 6.07) is 0. The molecule has 74 valence electrons. The normalized spacial score (nSPS) is 18.5. The molecule has 13 heavy (non-hydrogen) atoms.